The molecular weight excluding hydrogens is 496 g/mol. The van der Waals surface area contributed by atoms with Crippen LogP contribution in [0.2, 0.25) is 0 Å². The van der Waals surface area contributed by atoms with E-state index in [2.05, 4.69) is 39.9 Å². The summed E-state index contributed by atoms with van der Waals surface area (Å²) in [5.41, 5.74) is 0.331. The molecule has 3 rings (SSSR count). The first kappa shape index (κ1) is 30.3. The van der Waals surface area contributed by atoms with E-state index in [1.165, 1.54) is 18.2 Å². The van der Waals surface area contributed by atoms with Crippen molar-refractivity contribution in [3.8, 4) is 11.5 Å². The highest BCUT2D eigenvalue weighted by Crippen LogP contribution is 2.35. The molecule has 1 aliphatic heterocycles. The van der Waals surface area contributed by atoms with Crippen molar-refractivity contribution >= 4 is 17.7 Å². The van der Waals surface area contributed by atoms with E-state index >= 15 is 0 Å². The number of nitrogens with one attached hydrogen (secondary N) is 1. The Hall–Kier alpha value is -3.23. The van der Waals surface area contributed by atoms with Crippen LogP contribution in [-0.2, 0) is 14.3 Å². The lowest BCUT2D eigenvalue weighted by Crippen LogP contribution is -2.64. The fourth-order valence-corrected chi connectivity index (χ4v) is 5.17. The summed E-state index contributed by atoms with van der Waals surface area (Å²) >= 11 is 0. The van der Waals surface area contributed by atoms with Gasteiger partial charge in [0.1, 0.15) is 17.6 Å². The Balaban J connectivity index is 1.46. The fourth-order valence-electron chi connectivity index (χ4n) is 5.17. The van der Waals surface area contributed by atoms with E-state index in [1.807, 2.05) is 17.9 Å². The summed E-state index contributed by atoms with van der Waals surface area (Å²) < 4.78 is 11.3. The van der Waals surface area contributed by atoms with Gasteiger partial charge in [-0.1, -0.05) is 44.2 Å². The fraction of sp³-hybridized carbons (Fsp3) is 0.516. The normalized spacial score (nSPS) is 19.9. The molecule has 2 N–H and O–H groups in total. The van der Waals surface area contributed by atoms with E-state index in [9.17, 15) is 19.5 Å². The van der Waals surface area contributed by atoms with E-state index in [0.717, 1.165) is 6.42 Å². The average Bonchev–Trinajstić information content (AvgIpc) is 2.86. The van der Waals surface area contributed by atoms with Gasteiger partial charge in [0, 0.05) is 48.1 Å². The third-order valence-corrected chi connectivity index (χ3v) is 7.54. The second-order valence-electron chi connectivity index (χ2n) is 11.5. The molecule has 0 amide bonds. The number of phenols is 1. The van der Waals surface area contributed by atoms with E-state index in [1.54, 1.807) is 24.3 Å². The summed E-state index contributed by atoms with van der Waals surface area (Å²) in [6.07, 6.45) is 0.955. The lowest BCUT2D eigenvalue weighted by atomic mass is 9.73. The molecule has 0 saturated carbocycles. The minimum Gasteiger partial charge on any atom is -0.507 e. The van der Waals surface area contributed by atoms with Crippen LogP contribution < -0.4 is 10.1 Å². The van der Waals surface area contributed by atoms with Gasteiger partial charge in [0.15, 0.2) is 5.78 Å². The number of aromatic hydroxyl groups is 1. The quantitative estimate of drug-likeness (QED) is 0.240. The van der Waals surface area contributed by atoms with Gasteiger partial charge in [0.05, 0.1) is 18.4 Å². The van der Waals surface area contributed by atoms with Crippen LogP contribution in [0.3, 0.4) is 0 Å². The molecule has 0 radical (unpaired) electrons. The van der Waals surface area contributed by atoms with E-state index in [0.29, 0.717) is 25.2 Å². The van der Waals surface area contributed by atoms with Crippen LogP contribution in [0.1, 0.15) is 76.7 Å². The molecule has 1 fully saturated rings. The topological polar surface area (TPSA) is 105 Å². The first-order valence-corrected chi connectivity index (χ1v) is 13.7. The lowest BCUT2D eigenvalue weighted by Gasteiger charge is -2.50. The zero-order valence-electron chi connectivity index (χ0n) is 24.0. The first-order chi connectivity index (χ1) is 18.3. The molecule has 2 aromatic carbocycles. The third-order valence-electron chi connectivity index (χ3n) is 7.54. The van der Waals surface area contributed by atoms with Crippen LogP contribution in [0, 0.1) is 5.92 Å². The monoisotopic (exact) mass is 538 g/mol. The molecule has 39 heavy (non-hydrogen) atoms. The number of nitrogens with zero attached hydrogens (tertiary/aromatic N) is 1. The molecule has 1 heterocycles. The van der Waals surface area contributed by atoms with Crippen molar-refractivity contribution in [1.82, 2.24) is 10.2 Å². The highest BCUT2D eigenvalue weighted by molar-refractivity contribution is 6.10. The van der Waals surface area contributed by atoms with Gasteiger partial charge in [-0.2, -0.15) is 0 Å². The van der Waals surface area contributed by atoms with Crippen LogP contribution in [0.4, 0.5) is 0 Å². The summed E-state index contributed by atoms with van der Waals surface area (Å²) in [5.74, 6) is -0.928. The summed E-state index contributed by atoms with van der Waals surface area (Å²) in [7, 11) is 0. The number of hydrogen-bond donors (Lipinski definition) is 2. The number of benzene rings is 2. The molecule has 8 nitrogen and oxygen atoms in total. The van der Waals surface area contributed by atoms with Gasteiger partial charge in [-0.25, -0.2) is 0 Å². The SMILES string of the molecule is CCN(CCC(=O)Oc1ccc(C(=O)c2ccccc2)c(O)c1)CCC(=O)OC1CC(C)(C)NC(C)(C)C1C. The number of carbonyl (C=O) groups is 3. The Labute approximate surface area is 231 Å². The number of piperidine rings is 1. The number of hydrogen-bond acceptors (Lipinski definition) is 8. The van der Waals surface area contributed by atoms with Gasteiger partial charge in [-0.05, 0) is 46.4 Å². The standard InChI is InChI=1S/C31H42N2O6/c1-7-33(18-16-28(36)39-26-20-30(3,4)32-31(5,6)21(26)2)17-15-27(35)38-23-13-14-24(25(34)19-23)29(37)22-11-9-8-10-12-22/h8-14,19,21,26,32,34H,7,15-18,20H2,1-6H3. The molecule has 212 valence electrons. The number of ether oxygens (including phenoxy) is 2. The molecule has 0 aliphatic carbocycles. The second-order valence-corrected chi connectivity index (χ2v) is 11.5. The molecule has 2 atom stereocenters. The molecule has 1 aliphatic rings. The predicted molar refractivity (Wildman–Crippen MR) is 150 cm³/mol. The zero-order chi connectivity index (χ0) is 28.8. The lowest BCUT2D eigenvalue weighted by molar-refractivity contribution is -0.158. The molecule has 0 spiro atoms. The van der Waals surface area contributed by atoms with E-state index < -0.39 is 5.97 Å². The van der Waals surface area contributed by atoms with Gasteiger partial charge >= 0.3 is 11.9 Å². The predicted octanol–water partition coefficient (Wildman–Crippen LogP) is 4.73. The molecule has 1 saturated heterocycles. The van der Waals surface area contributed by atoms with Crippen LogP contribution >= 0.6 is 0 Å². The summed E-state index contributed by atoms with van der Waals surface area (Å²) in [5, 5.41) is 14.0. The molecule has 2 aromatic rings. The van der Waals surface area contributed by atoms with Crippen LogP contribution in [0.5, 0.6) is 11.5 Å². The maximum Gasteiger partial charge on any atom is 0.312 e. The molecule has 2 unspecified atom stereocenters. The highest BCUT2D eigenvalue weighted by Gasteiger charge is 2.45. The first-order valence-electron chi connectivity index (χ1n) is 13.7. The summed E-state index contributed by atoms with van der Waals surface area (Å²) in [6, 6.07) is 12.9. The smallest absolute Gasteiger partial charge is 0.312 e. The molecule has 8 heteroatoms. The van der Waals surface area contributed by atoms with Gasteiger partial charge in [-0.15, -0.1) is 0 Å². The van der Waals surface area contributed by atoms with Crippen molar-refractivity contribution in [3.05, 3.63) is 59.7 Å². The summed E-state index contributed by atoms with van der Waals surface area (Å²) in [4.78, 5) is 39.7. The van der Waals surface area contributed by atoms with Crippen molar-refractivity contribution < 1.29 is 29.0 Å². The Morgan fingerprint density at radius 1 is 1.00 bits per heavy atom. The average molecular weight is 539 g/mol. The number of carbonyl (C=O) groups excluding carboxylic acids is 3. The maximum absolute atomic E-state index is 12.7. The molecular formula is C31H42N2O6. The van der Waals surface area contributed by atoms with Crippen molar-refractivity contribution in [2.24, 2.45) is 5.92 Å². The Morgan fingerprint density at radius 3 is 2.26 bits per heavy atom. The zero-order valence-corrected chi connectivity index (χ0v) is 24.0. The van der Waals surface area contributed by atoms with Crippen LogP contribution in [-0.4, -0.2) is 64.5 Å². The Bertz CT molecular complexity index is 1160. The van der Waals surface area contributed by atoms with Gasteiger partial charge in [0.25, 0.3) is 0 Å². The van der Waals surface area contributed by atoms with Gasteiger partial charge < -0.3 is 24.8 Å². The van der Waals surface area contributed by atoms with Crippen LogP contribution in [0.25, 0.3) is 0 Å². The van der Waals surface area contributed by atoms with Crippen molar-refractivity contribution in [3.63, 3.8) is 0 Å². The Morgan fingerprint density at radius 2 is 1.64 bits per heavy atom. The highest BCUT2D eigenvalue weighted by atomic mass is 16.5. The largest absolute Gasteiger partial charge is 0.507 e. The Kier molecular flexibility index (Phi) is 9.91. The van der Waals surface area contributed by atoms with Gasteiger partial charge in [-0.3, -0.25) is 14.4 Å². The summed E-state index contributed by atoms with van der Waals surface area (Å²) in [6.45, 7) is 14.2. The molecule has 0 bridgehead atoms. The van der Waals surface area contributed by atoms with Crippen molar-refractivity contribution in [2.45, 2.75) is 78.0 Å². The number of ketones is 1. The van der Waals surface area contributed by atoms with E-state index in [4.69, 9.17) is 9.47 Å². The van der Waals surface area contributed by atoms with Crippen molar-refractivity contribution in [2.75, 3.05) is 19.6 Å². The third kappa shape index (κ3) is 8.38. The number of esters is 2. The minimum atomic E-state index is -0.467. The van der Waals surface area contributed by atoms with Crippen molar-refractivity contribution in [1.29, 1.82) is 0 Å². The maximum atomic E-state index is 12.7. The number of rotatable bonds is 11. The van der Waals surface area contributed by atoms with Crippen LogP contribution in [0.15, 0.2) is 48.5 Å². The number of phenolic OH excluding ortho intramolecular Hbond substituents is 1. The second kappa shape index (κ2) is 12.7. The van der Waals surface area contributed by atoms with Gasteiger partial charge in [0.2, 0.25) is 0 Å². The molecule has 0 aromatic heterocycles. The minimum absolute atomic E-state index is 0.113. The van der Waals surface area contributed by atoms with E-state index in [-0.39, 0.29) is 64.8 Å².